The molecule has 2 aromatic carbocycles. The SMILES string of the molecule is Cc1c(C(=O)NNC(=O)c2ccccc2[N+](=O)[O-])oc2c1/C(=N/NS(=O)(=O)c1ccc(F)cc1)CCC2. The average Bonchev–Trinajstić information content (AvgIpc) is 3.23. The summed E-state index contributed by atoms with van der Waals surface area (Å²) in [6.45, 7) is 1.58. The zero-order valence-corrected chi connectivity index (χ0v) is 20.1. The lowest BCUT2D eigenvalue weighted by Crippen LogP contribution is -2.42. The summed E-state index contributed by atoms with van der Waals surface area (Å²) >= 11 is 0. The van der Waals surface area contributed by atoms with Crippen LogP contribution in [0.25, 0.3) is 0 Å². The highest BCUT2D eigenvalue weighted by atomic mass is 32.2. The fraction of sp³-hybridized carbons (Fsp3) is 0.174. The van der Waals surface area contributed by atoms with Gasteiger partial charge in [0.1, 0.15) is 17.1 Å². The van der Waals surface area contributed by atoms with E-state index in [1.807, 2.05) is 0 Å². The van der Waals surface area contributed by atoms with Crippen molar-refractivity contribution >= 4 is 33.2 Å². The highest BCUT2D eigenvalue weighted by molar-refractivity contribution is 7.89. The number of rotatable bonds is 6. The van der Waals surface area contributed by atoms with Gasteiger partial charge >= 0.3 is 5.91 Å². The molecule has 192 valence electrons. The topological polar surface area (TPSA) is 173 Å². The first-order valence-electron chi connectivity index (χ1n) is 10.9. The van der Waals surface area contributed by atoms with Gasteiger partial charge in [-0.25, -0.2) is 4.39 Å². The summed E-state index contributed by atoms with van der Waals surface area (Å²) in [6.07, 6.45) is 1.44. The number of nitro groups is 1. The predicted octanol–water partition coefficient (Wildman–Crippen LogP) is 2.73. The van der Waals surface area contributed by atoms with Gasteiger partial charge in [0.25, 0.3) is 21.6 Å². The number of nitrogens with zero attached hydrogens (tertiary/aromatic N) is 2. The molecule has 0 aliphatic heterocycles. The van der Waals surface area contributed by atoms with E-state index in [4.69, 9.17) is 4.42 Å². The van der Waals surface area contributed by atoms with Crippen molar-refractivity contribution in [1.82, 2.24) is 15.7 Å². The van der Waals surface area contributed by atoms with Gasteiger partial charge in [-0.2, -0.15) is 18.4 Å². The van der Waals surface area contributed by atoms with Crippen molar-refractivity contribution < 1.29 is 31.7 Å². The molecular weight excluding hydrogens is 509 g/mol. The van der Waals surface area contributed by atoms with Crippen molar-refractivity contribution in [3.05, 3.63) is 92.7 Å². The normalized spacial score (nSPS) is 14.1. The number of amides is 2. The van der Waals surface area contributed by atoms with E-state index < -0.39 is 38.3 Å². The number of hydrogen-bond donors (Lipinski definition) is 3. The number of hydrogen-bond acceptors (Lipinski definition) is 8. The molecular formula is C23H20FN5O7S. The maximum Gasteiger partial charge on any atom is 0.305 e. The molecule has 0 unspecified atom stereocenters. The second kappa shape index (κ2) is 10.2. The molecule has 0 radical (unpaired) electrons. The monoisotopic (exact) mass is 529 g/mol. The minimum absolute atomic E-state index is 0.135. The lowest BCUT2D eigenvalue weighted by atomic mass is 9.93. The van der Waals surface area contributed by atoms with Crippen molar-refractivity contribution in [2.75, 3.05) is 0 Å². The number of nitrogens with one attached hydrogen (secondary N) is 3. The number of furan rings is 1. The number of carbonyl (C=O) groups is 2. The van der Waals surface area contributed by atoms with Gasteiger partial charge in [0.2, 0.25) is 0 Å². The van der Waals surface area contributed by atoms with Crippen molar-refractivity contribution in [2.45, 2.75) is 31.1 Å². The smallest absolute Gasteiger partial charge is 0.305 e. The fourth-order valence-corrected chi connectivity index (χ4v) is 4.67. The van der Waals surface area contributed by atoms with E-state index in [2.05, 4.69) is 20.8 Å². The van der Waals surface area contributed by atoms with E-state index in [1.165, 1.54) is 18.2 Å². The first kappa shape index (κ1) is 25.5. The molecule has 12 nitrogen and oxygen atoms in total. The molecule has 0 bridgehead atoms. The molecule has 1 aliphatic carbocycles. The number of fused-ring (bicyclic) bond motifs is 1. The van der Waals surface area contributed by atoms with Gasteiger partial charge in [0, 0.05) is 23.6 Å². The summed E-state index contributed by atoms with van der Waals surface area (Å²) in [6, 6.07) is 9.49. The van der Waals surface area contributed by atoms with Crippen LogP contribution in [0.1, 0.15) is 50.6 Å². The quantitative estimate of drug-likeness (QED) is 0.325. The second-order valence-electron chi connectivity index (χ2n) is 8.00. The van der Waals surface area contributed by atoms with Crippen LogP contribution in [-0.2, 0) is 16.4 Å². The lowest BCUT2D eigenvalue weighted by Gasteiger charge is -2.14. The molecule has 3 aromatic rings. The lowest BCUT2D eigenvalue weighted by molar-refractivity contribution is -0.385. The number of nitro benzene ring substituents is 1. The Morgan fingerprint density at radius 2 is 1.73 bits per heavy atom. The number of hydrazone groups is 1. The van der Waals surface area contributed by atoms with Gasteiger partial charge in [0.05, 0.1) is 15.5 Å². The second-order valence-corrected chi connectivity index (χ2v) is 9.66. The van der Waals surface area contributed by atoms with Gasteiger partial charge < -0.3 is 4.42 Å². The Hall–Kier alpha value is -4.59. The van der Waals surface area contributed by atoms with Crippen molar-refractivity contribution in [3.8, 4) is 0 Å². The first-order valence-corrected chi connectivity index (χ1v) is 12.4. The highest BCUT2D eigenvalue weighted by Crippen LogP contribution is 2.30. The van der Waals surface area contributed by atoms with E-state index in [1.54, 1.807) is 6.92 Å². The Kier molecular flexibility index (Phi) is 7.02. The van der Waals surface area contributed by atoms with Gasteiger partial charge in [-0.15, -0.1) is 0 Å². The van der Waals surface area contributed by atoms with E-state index in [0.717, 1.165) is 30.3 Å². The predicted molar refractivity (Wildman–Crippen MR) is 128 cm³/mol. The van der Waals surface area contributed by atoms with Gasteiger partial charge in [-0.3, -0.25) is 30.6 Å². The van der Waals surface area contributed by atoms with Crippen LogP contribution in [0.15, 0.2) is 62.9 Å². The number of aryl methyl sites for hydroxylation is 1. The van der Waals surface area contributed by atoms with E-state index in [0.29, 0.717) is 41.9 Å². The number of carbonyl (C=O) groups excluding carboxylic acids is 2. The summed E-state index contributed by atoms with van der Waals surface area (Å²) < 4.78 is 43.9. The summed E-state index contributed by atoms with van der Waals surface area (Å²) in [5, 5.41) is 15.2. The molecule has 1 aliphatic rings. The number of hydrazine groups is 1. The summed E-state index contributed by atoms with van der Waals surface area (Å²) in [7, 11) is -4.07. The fourth-order valence-electron chi connectivity index (χ4n) is 3.84. The summed E-state index contributed by atoms with van der Waals surface area (Å²) in [4.78, 5) is 37.5. The zero-order valence-electron chi connectivity index (χ0n) is 19.3. The zero-order chi connectivity index (χ0) is 26.7. The van der Waals surface area contributed by atoms with Crippen LogP contribution in [0.5, 0.6) is 0 Å². The molecule has 0 atom stereocenters. The van der Waals surface area contributed by atoms with Gasteiger partial charge in [-0.1, -0.05) is 12.1 Å². The van der Waals surface area contributed by atoms with E-state index in [9.17, 15) is 32.5 Å². The Morgan fingerprint density at radius 1 is 1.05 bits per heavy atom. The summed E-state index contributed by atoms with van der Waals surface area (Å²) in [5.41, 5.74) is 4.80. The molecule has 0 saturated heterocycles. The number of para-hydroxylation sites is 1. The number of benzene rings is 2. The molecule has 1 aromatic heterocycles. The van der Waals surface area contributed by atoms with Crippen molar-refractivity contribution in [2.24, 2.45) is 5.10 Å². The molecule has 0 spiro atoms. The molecule has 1 heterocycles. The van der Waals surface area contributed by atoms with Crippen LogP contribution < -0.4 is 15.7 Å². The third-order valence-corrected chi connectivity index (χ3v) is 6.82. The molecule has 14 heteroatoms. The Bertz CT molecular complexity index is 1530. The third-order valence-electron chi connectivity index (χ3n) is 5.59. The number of halogens is 1. The summed E-state index contributed by atoms with van der Waals surface area (Å²) in [5.74, 6) is -2.01. The van der Waals surface area contributed by atoms with Crippen LogP contribution in [0, 0.1) is 22.9 Å². The largest absolute Gasteiger partial charge is 0.455 e. The van der Waals surface area contributed by atoms with E-state index in [-0.39, 0.29) is 16.2 Å². The standard InChI is InChI=1S/C23H20FN5O7S/c1-13-20-17(25-28-37(34,35)15-11-9-14(24)10-12-15)6-4-8-19(20)36-21(13)23(31)27-26-22(30)16-5-2-3-7-18(16)29(32)33/h2-3,5,7,9-12,28H,4,6,8H2,1H3,(H,26,30)(H,27,31)/b25-17+. The molecule has 4 rings (SSSR count). The first-order chi connectivity index (χ1) is 17.6. The van der Waals surface area contributed by atoms with Gasteiger partial charge in [0.15, 0.2) is 5.76 Å². The van der Waals surface area contributed by atoms with Crippen LogP contribution in [0.3, 0.4) is 0 Å². The minimum Gasteiger partial charge on any atom is -0.455 e. The Labute approximate surface area is 209 Å². The van der Waals surface area contributed by atoms with Crippen molar-refractivity contribution in [1.29, 1.82) is 0 Å². The van der Waals surface area contributed by atoms with Crippen LogP contribution in [-0.4, -0.2) is 30.9 Å². The maximum absolute atomic E-state index is 13.1. The van der Waals surface area contributed by atoms with Crippen molar-refractivity contribution in [3.63, 3.8) is 0 Å². The van der Waals surface area contributed by atoms with Crippen LogP contribution in [0.2, 0.25) is 0 Å². The highest BCUT2D eigenvalue weighted by Gasteiger charge is 2.29. The Balaban J connectivity index is 1.52. The van der Waals surface area contributed by atoms with E-state index >= 15 is 0 Å². The maximum atomic E-state index is 13.1. The molecule has 0 fully saturated rings. The molecule has 0 saturated carbocycles. The van der Waals surface area contributed by atoms with Crippen LogP contribution >= 0.6 is 0 Å². The average molecular weight is 530 g/mol. The number of sulfonamides is 1. The molecule has 3 N–H and O–H groups in total. The molecule has 37 heavy (non-hydrogen) atoms. The Morgan fingerprint density at radius 3 is 2.43 bits per heavy atom. The third kappa shape index (κ3) is 5.33. The van der Waals surface area contributed by atoms with Gasteiger partial charge in [-0.05, 0) is 50.1 Å². The van der Waals surface area contributed by atoms with Crippen LogP contribution in [0.4, 0.5) is 10.1 Å². The minimum atomic E-state index is -4.07. The molecule has 2 amide bonds.